The summed E-state index contributed by atoms with van der Waals surface area (Å²) in [6.07, 6.45) is 2.53. The van der Waals surface area contributed by atoms with E-state index in [0.29, 0.717) is 44.0 Å². The second kappa shape index (κ2) is 12.6. The molecular weight excluding hydrogens is 458 g/mol. The number of nitrogens with zero attached hydrogens (tertiary/aromatic N) is 3. The number of urea groups is 2. The zero-order chi connectivity index (χ0) is 26.2. The van der Waals surface area contributed by atoms with Crippen LogP contribution in [0.2, 0.25) is 0 Å². The molecule has 2 aliphatic heterocycles. The predicted molar refractivity (Wildman–Crippen MR) is 139 cm³/mol. The van der Waals surface area contributed by atoms with Gasteiger partial charge in [0.2, 0.25) is 0 Å². The molecule has 4 amide bonds. The van der Waals surface area contributed by atoms with Gasteiger partial charge in [-0.3, -0.25) is 9.80 Å². The quantitative estimate of drug-likeness (QED) is 0.404. The van der Waals surface area contributed by atoms with Crippen LogP contribution in [-0.2, 0) is 9.53 Å². The monoisotopic (exact) mass is 497 g/mol. The number of nitrogens with one attached hydrogen (secondary N) is 2. The van der Waals surface area contributed by atoms with Crippen molar-refractivity contribution in [2.45, 2.75) is 46.2 Å². The van der Waals surface area contributed by atoms with Crippen molar-refractivity contribution in [3.05, 3.63) is 59.3 Å². The molecular formula is C27H39N5O4. The van der Waals surface area contributed by atoms with Gasteiger partial charge < -0.3 is 20.3 Å². The summed E-state index contributed by atoms with van der Waals surface area (Å²) in [5.41, 5.74) is 2.90. The molecule has 1 aromatic carbocycles. The van der Waals surface area contributed by atoms with Gasteiger partial charge in [-0.15, -0.1) is 6.58 Å². The summed E-state index contributed by atoms with van der Waals surface area (Å²) in [6, 6.07) is 6.81. The maximum absolute atomic E-state index is 13.3. The molecule has 2 atom stereocenters. The van der Waals surface area contributed by atoms with E-state index in [4.69, 9.17) is 4.74 Å². The van der Waals surface area contributed by atoms with Gasteiger partial charge in [0.05, 0.1) is 18.2 Å². The number of carbonyl (C=O) groups is 3. The van der Waals surface area contributed by atoms with Gasteiger partial charge in [0.15, 0.2) is 0 Å². The molecule has 1 saturated heterocycles. The van der Waals surface area contributed by atoms with Crippen molar-refractivity contribution in [1.82, 2.24) is 25.3 Å². The van der Waals surface area contributed by atoms with Crippen LogP contribution in [0.1, 0.15) is 44.4 Å². The first-order valence-corrected chi connectivity index (χ1v) is 12.7. The molecule has 2 heterocycles. The second-order valence-electron chi connectivity index (χ2n) is 9.29. The highest BCUT2D eigenvalue weighted by Gasteiger charge is 2.39. The average Bonchev–Trinajstić information content (AvgIpc) is 2.84. The van der Waals surface area contributed by atoms with E-state index in [9.17, 15) is 14.4 Å². The number of hydrogen-bond acceptors (Lipinski definition) is 5. The number of aryl methyl sites for hydroxylation is 1. The van der Waals surface area contributed by atoms with E-state index >= 15 is 0 Å². The Morgan fingerprint density at radius 3 is 2.69 bits per heavy atom. The van der Waals surface area contributed by atoms with Gasteiger partial charge in [-0.05, 0) is 32.8 Å². The Bertz CT molecular complexity index is 1010. The molecule has 0 bridgehead atoms. The van der Waals surface area contributed by atoms with Crippen molar-refractivity contribution < 1.29 is 19.1 Å². The molecule has 9 nitrogen and oxygen atoms in total. The van der Waals surface area contributed by atoms with Gasteiger partial charge in [-0.25, -0.2) is 14.4 Å². The molecule has 0 aromatic heterocycles. The van der Waals surface area contributed by atoms with E-state index < -0.39 is 12.0 Å². The minimum Gasteiger partial charge on any atom is -0.463 e. The standard InChI is InChI=1S/C27H39N5O4/c1-6-12-28-26(34)31-15-14-30(17-20(31)5)18-22-23(25(33)36-8-3)24(21-11-9-10-19(4)16-21)29-27(35)32(22)13-7-2/h7,9-11,16,20,24H,2,6,8,12-15,17-18H2,1,3-5H3,(H,28,34)(H,29,35). The number of carbonyl (C=O) groups excluding carboxylic acids is 3. The lowest BCUT2D eigenvalue weighted by Crippen LogP contribution is -2.58. The average molecular weight is 498 g/mol. The fourth-order valence-corrected chi connectivity index (χ4v) is 4.77. The Balaban J connectivity index is 1.96. The fourth-order valence-electron chi connectivity index (χ4n) is 4.77. The zero-order valence-corrected chi connectivity index (χ0v) is 21.9. The lowest BCUT2D eigenvalue weighted by atomic mass is 9.93. The van der Waals surface area contributed by atoms with Crippen molar-refractivity contribution in [3.63, 3.8) is 0 Å². The number of benzene rings is 1. The van der Waals surface area contributed by atoms with Crippen molar-refractivity contribution >= 4 is 18.0 Å². The van der Waals surface area contributed by atoms with Crippen LogP contribution in [0, 0.1) is 6.92 Å². The van der Waals surface area contributed by atoms with E-state index in [1.54, 1.807) is 17.9 Å². The van der Waals surface area contributed by atoms with Crippen LogP contribution in [0.5, 0.6) is 0 Å². The normalized spacial score (nSPS) is 20.7. The Morgan fingerprint density at radius 2 is 2.06 bits per heavy atom. The molecule has 0 radical (unpaired) electrons. The summed E-state index contributed by atoms with van der Waals surface area (Å²) in [5.74, 6) is -0.446. The first-order valence-electron chi connectivity index (χ1n) is 12.7. The minimum atomic E-state index is -0.619. The third-order valence-corrected chi connectivity index (χ3v) is 6.49. The van der Waals surface area contributed by atoms with Gasteiger partial charge in [-0.2, -0.15) is 0 Å². The topological polar surface area (TPSA) is 94.2 Å². The number of ether oxygens (including phenoxy) is 1. The maximum Gasteiger partial charge on any atom is 0.338 e. The lowest BCUT2D eigenvalue weighted by Gasteiger charge is -2.42. The molecule has 2 aliphatic rings. The number of rotatable bonds is 9. The largest absolute Gasteiger partial charge is 0.463 e. The summed E-state index contributed by atoms with van der Waals surface area (Å²) < 4.78 is 5.47. The Labute approximate surface area is 214 Å². The third-order valence-electron chi connectivity index (χ3n) is 6.49. The van der Waals surface area contributed by atoms with E-state index in [0.717, 1.165) is 17.5 Å². The summed E-state index contributed by atoms with van der Waals surface area (Å²) in [7, 11) is 0. The van der Waals surface area contributed by atoms with Crippen LogP contribution in [-0.4, -0.2) is 84.6 Å². The maximum atomic E-state index is 13.3. The highest BCUT2D eigenvalue weighted by molar-refractivity contribution is 5.95. The van der Waals surface area contributed by atoms with Crippen LogP contribution in [0.25, 0.3) is 0 Å². The van der Waals surface area contributed by atoms with Gasteiger partial charge in [-0.1, -0.05) is 42.8 Å². The van der Waals surface area contributed by atoms with Crippen LogP contribution < -0.4 is 10.6 Å². The Hall–Kier alpha value is -3.33. The van der Waals surface area contributed by atoms with Crippen LogP contribution in [0.4, 0.5) is 9.59 Å². The highest BCUT2D eigenvalue weighted by Crippen LogP contribution is 2.32. The molecule has 1 aromatic rings. The molecule has 0 spiro atoms. The first kappa shape index (κ1) is 27.3. The van der Waals surface area contributed by atoms with Crippen molar-refractivity contribution in [3.8, 4) is 0 Å². The molecule has 2 N–H and O–H groups in total. The molecule has 36 heavy (non-hydrogen) atoms. The molecule has 3 rings (SSSR count). The highest BCUT2D eigenvalue weighted by atomic mass is 16.5. The number of piperazine rings is 1. The summed E-state index contributed by atoms with van der Waals surface area (Å²) in [4.78, 5) is 44.7. The van der Waals surface area contributed by atoms with E-state index in [1.165, 1.54) is 0 Å². The van der Waals surface area contributed by atoms with Gasteiger partial charge in [0, 0.05) is 51.0 Å². The lowest BCUT2D eigenvalue weighted by molar-refractivity contribution is -0.139. The fraction of sp³-hybridized carbons (Fsp3) is 0.519. The van der Waals surface area contributed by atoms with Gasteiger partial charge >= 0.3 is 18.0 Å². The molecule has 2 unspecified atom stereocenters. The minimum absolute atomic E-state index is 0.0138. The van der Waals surface area contributed by atoms with Crippen molar-refractivity contribution in [2.75, 3.05) is 45.9 Å². The predicted octanol–water partition coefficient (Wildman–Crippen LogP) is 3.19. The first-order chi connectivity index (χ1) is 17.3. The smallest absolute Gasteiger partial charge is 0.338 e. The SMILES string of the molecule is C=CCN1C(=O)NC(c2cccc(C)c2)C(C(=O)OCC)=C1CN1CCN(C(=O)NCCC)C(C)C1. The van der Waals surface area contributed by atoms with E-state index in [1.807, 2.05) is 49.9 Å². The number of esters is 1. The molecule has 196 valence electrons. The molecule has 0 saturated carbocycles. The third kappa shape index (κ3) is 6.26. The molecule has 0 aliphatic carbocycles. The van der Waals surface area contributed by atoms with Crippen LogP contribution >= 0.6 is 0 Å². The van der Waals surface area contributed by atoms with E-state index in [2.05, 4.69) is 22.1 Å². The second-order valence-corrected chi connectivity index (χ2v) is 9.29. The van der Waals surface area contributed by atoms with Crippen molar-refractivity contribution in [2.24, 2.45) is 0 Å². The van der Waals surface area contributed by atoms with Crippen molar-refractivity contribution in [1.29, 1.82) is 0 Å². The van der Waals surface area contributed by atoms with E-state index in [-0.39, 0.29) is 31.3 Å². The van der Waals surface area contributed by atoms with Gasteiger partial charge in [0.1, 0.15) is 0 Å². The van der Waals surface area contributed by atoms with Crippen LogP contribution in [0.15, 0.2) is 48.2 Å². The summed E-state index contributed by atoms with van der Waals surface area (Å²) in [6.45, 7) is 14.9. The summed E-state index contributed by atoms with van der Waals surface area (Å²) >= 11 is 0. The molecule has 9 heteroatoms. The zero-order valence-electron chi connectivity index (χ0n) is 21.9. The Kier molecular flexibility index (Phi) is 9.52. The van der Waals surface area contributed by atoms with Gasteiger partial charge in [0.25, 0.3) is 0 Å². The molecule has 1 fully saturated rings. The number of amides is 4. The number of hydrogen-bond donors (Lipinski definition) is 2. The van der Waals surface area contributed by atoms with Crippen LogP contribution in [0.3, 0.4) is 0 Å². The Morgan fingerprint density at radius 1 is 1.28 bits per heavy atom. The summed E-state index contributed by atoms with van der Waals surface area (Å²) in [5, 5.41) is 5.95.